The maximum atomic E-state index is 5.89. The lowest BCUT2D eigenvalue weighted by atomic mass is 10.2. The lowest BCUT2D eigenvalue weighted by Gasteiger charge is -2.01. The van der Waals surface area contributed by atoms with Gasteiger partial charge in [-0.3, -0.25) is 0 Å². The Kier molecular flexibility index (Phi) is 3.43. The molecule has 0 atom stereocenters. The Morgan fingerprint density at radius 3 is 2.64 bits per heavy atom. The van der Waals surface area contributed by atoms with Crippen LogP contribution >= 0.6 is 23.2 Å². The predicted octanol–water partition coefficient (Wildman–Crippen LogP) is 3.12. The minimum Gasteiger partial charge on any atom is -0.0843 e. The van der Waals surface area contributed by atoms with E-state index < -0.39 is 0 Å². The molecule has 0 saturated heterocycles. The Labute approximate surface area is 79.9 Å². The highest BCUT2D eigenvalue weighted by Crippen LogP contribution is 2.21. The van der Waals surface area contributed by atoms with E-state index in [0.717, 1.165) is 28.1 Å². The summed E-state index contributed by atoms with van der Waals surface area (Å²) < 4.78 is 0. The van der Waals surface area contributed by atoms with Crippen molar-refractivity contribution >= 4 is 33.4 Å². The molecule has 0 saturated carbocycles. The van der Waals surface area contributed by atoms with Crippen LogP contribution in [0.2, 0.25) is 16.1 Å². The molecule has 0 heterocycles. The number of halogens is 2. The zero-order valence-corrected chi connectivity index (χ0v) is 8.41. The molecule has 1 aromatic rings. The minimum absolute atomic E-state index is 0.740. The van der Waals surface area contributed by atoms with Crippen LogP contribution in [0.3, 0.4) is 0 Å². The second-order valence-corrected chi connectivity index (χ2v) is 3.58. The van der Waals surface area contributed by atoms with Crippen LogP contribution in [0.25, 0.3) is 0 Å². The third kappa shape index (κ3) is 2.51. The third-order valence-electron chi connectivity index (χ3n) is 1.40. The van der Waals surface area contributed by atoms with E-state index >= 15 is 0 Å². The molecular formula is C8H7Cl2Si. The van der Waals surface area contributed by atoms with Crippen LogP contribution in [0.1, 0.15) is 5.56 Å². The number of hydrogen-bond donors (Lipinski definition) is 0. The highest BCUT2D eigenvalue weighted by atomic mass is 35.5. The van der Waals surface area contributed by atoms with Gasteiger partial charge in [-0.1, -0.05) is 29.2 Å². The molecule has 0 unspecified atom stereocenters. The second kappa shape index (κ2) is 4.15. The van der Waals surface area contributed by atoms with Gasteiger partial charge in [-0.05, 0) is 30.2 Å². The van der Waals surface area contributed by atoms with E-state index in [-0.39, 0.29) is 0 Å². The van der Waals surface area contributed by atoms with Gasteiger partial charge in [-0.2, -0.15) is 0 Å². The summed E-state index contributed by atoms with van der Waals surface area (Å²) in [7, 11) is 3.39. The van der Waals surface area contributed by atoms with Gasteiger partial charge in [0.2, 0.25) is 0 Å². The normalized spacial score (nSPS) is 10.1. The fourth-order valence-corrected chi connectivity index (χ4v) is 1.55. The molecule has 11 heavy (non-hydrogen) atoms. The van der Waals surface area contributed by atoms with E-state index in [9.17, 15) is 0 Å². The van der Waals surface area contributed by atoms with Crippen molar-refractivity contribution in [2.45, 2.75) is 12.5 Å². The Bertz CT molecular complexity index is 248. The van der Waals surface area contributed by atoms with E-state index in [1.54, 1.807) is 6.07 Å². The lowest BCUT2D eigenvalue weighted by Crippen LogP contribution is -1.84. The molecule has 0 bridgehead atoms. The zero-order chi connectivity index (χ0) is 8.27. The van der Waals surface area contributed by atoms with Gasteiger partial charge in [0.25, 0.3) is 0 Å². The smallest absolute Gasteiger partial charge is 0.0438 e. The third-order valence-corrected chi connectivity index (χ3v) is 2.26. The van der Waals surface area contributed by atoms with Crippen molar-refractivity contribution in [3.05, 3.63) is 33.8 Å². The molecule has 0 aromatic heterocycles. The quantitative estimate of drug-likeness (QED) is 0.646. The van der Waals surface area contributed by atoms with Crippen molar-refractivity contribution < 1.29 is 0 Å². The van der Waals surface area contributed by atoms with Crippen LogP contribution in [-0.2, 0) is 6.42 Å². The first-order valence-corrected chi connectivity index (χ1v) is 4.79. The largest absolute Gasteiger partial charge is 0.0843 e. The van der Waals surface area contributed by atoms with Crippen molar-refractivity contribution in [2.24, 2.45) is 0 Å². The summed E-state index contributed by atoms with van der Waals surface area (Å²) in [4.78, 5) is 0. The minimum atomic E-state index is 0.740. The SMILES string of the molecule is [Si]CCc1cc(Cl)ccc1Cl. The monoisotopic (exact) mass is 201 g/mol. The second-order valence-electron chi connectivity index (χ2n) is 2.24. The van der Waals surface area contributed by atoms with Gasteiger partial charge in [0.1, 0.15) is 0 Å². The molecule has 0 N–H and O–H groups in total. The molecule has 0 amide bonds. The molecule has 0 aliphatic rings. The van der Waals surface area contributed by atoms with E-state index in [4.69, 9.17) is 23.2 Å². The molecule has 0 aliphatic carbocycles. The maximum absolute atomic E-state index is 5.89. The highest BCUT2D eigenvalue weighted by Gasteiger charge is 1.98. The number of rotatable bonds is 2. The van der Waals surface area contributed by atoms with Gasteiger partial charge in [0.15, 0.2) is 0 Å². The van der Waals surface area contributed by atoms with Crippen LogP contribution in [0.5, 0.6) is 0 Å². The van der Waals surface area contributed by atoms with Crippen LogP contribution in [0.4, 0.5) is 0 Å². The number of aryl methyl sites for hydroxylation is 1. The Morgan fingerprint density at radius 2 is 2.00 bits per heavy atom. The average Bonchev–Trinajstić information content (AvgIpc) is 1.98. The summed E-state index contributed by atoms with van der Waals surface area (Å²) in [6.07, 6.45) is 0.913. The van der Waals surface area contributed by atoms with Gasteiger partial charge in [-0.15, -0.1) is 0 Å². The Hall–Kier alpha value is 0.0169. The van der Waals surface area contributed by atoms with Gasteiger partial charge >= 0.3 is 0 Å². The standard InChI is InChI=1S/C8H7Cl2Si/c9-7-1-2-8(10)6(5-7)3-4-11/h1-2,5H,3-4H2. The van der Waals surface area contributed by atoms with Crippen LogP contribution in [0, 0.1) is 0 Å². The van der Waals surface area contributed by atoms with Crippen molar-refractivity contribution in [2.75, 3.05) is 0 Å². The van der Waals surface area contributed by atoms with E-state index in [1.165, 1.54) is 0 Å². The predicted molar refractivity (Wildman–Crippen MR) is 50.7 cm³/mol. The summed E-state index contributed by atoms with van der Waals surface area (Å²) in [5, 5.41) is 1.53. The molecule has 0 fully saturated rings. The highest BCUT2D eigenvalue weighted by molar-refractivity contribution is 6.33. The molecule has 1 rings (SSSR count). The van der Waals surface area contributed by atoms with Crippen molar-refractivity contribution in [1.82, 2.24) is 0 Å². The van der Waals surface area contributed by atoms with Gasteiger partial charge in [-0.25, -0.2) is 0 Å². The van der Waals surface area contributed by atoms with E-state index in [0.29, 0.717) is 0 Å². The van der Waals surface area contributed by atoms with Crippen LogP contribution < -0.4 is 0 Å². The lowest BCUT2D eigenvalue weighted by molar-refractivity contribution is 1.13. The van der Waals surface area contributed by atoms with Gasteiger partial charge < -0.3 is 0 Å². The molecular weight excluding hydrogens is 195 g/mol. The van der Waals surface area contributed by atoms with Crippen molar-refractivity contribution in [3.63, 3.8) is 0 Å². The summed E-state index contributed by atoms with van der Waals surface area (Å²) in [6.45, 7) is 0. The molecule has 3 radical (unpaired) electrons. The first kappa shape index (κ1) is 9.11. The molecule has 0 spiro atoms. The Balaban J connectivity index is 2.93. The summed E-state index contributed by atoms with van der Waals surface area (Å²) in [5.41, 5.74) is 1.09. The van der Waals surface area contributed by atoms with Gasteiger partial charge in [0.05, 0.1) is 0 Å². The van der Waals surface area contributed by atoms with E-state index in [1.807, 2.05) is 12.1 Å². The first-order valence-electron chi connectivity index (χ1n) is 3.32. The Morgan fingerprint density at radius 1 is 1.27 bits per heavy atom. The zero-order valence-electron chi connectivity index (χ0n) is 5.90. The summed E-state index contributed by atoms with van der Waals surface area (Å²) in [6, 6.07) is 6.41. The topological polar surface area (TPSA) is 0 Å². The fourth-order valence-electron chi connectivity index (χ4n) is 0.870. The van der Waals surface area contributed by atoms with E-state index in [2.05, 4.69) is 10.2 Å². The molecule has 3 heteroatoms. The fraction of sp³-hybridized carbons (Fsp3) is 0.250. The van der Waals surface area contributed by atoms with Crippen molar-refractivity contribution in [3.8, 4) is 0 Å². The van der Waals surface area contributed by atoms with Crippen molar-refractivity contribution in [1.29, 1.82) is 0 Å². The molecule has 0 nitrogen and oxygen atoms in total. The first-order chi connectivity index (χ1) is 5.24. The number of hydrogen-bond acceptors (Lipinski definition) is 0. The molecule has 1 aromatic carbocycles. The average molecular weight is 202 g/mol. The molecule has 57 valence electrons. The molecule has 0 aliphatic heterocycles. The van der Waals surface area contributed by atoms with Gasteiger partial charge in [0, 0.05) is 20.3 Å². The van der Waals surface area contributed by atoms with Crippen LogP contribution in [0.15, 0.2) is 18.2 Å². The van der Waals surface area contributed by atoms with Crippen LogP contribution in [-0.4, -0.2) is 10.2 Å². The maximum Gasteiger partial charge on any atom is 0.0438 e. The number of benzene rings is 1. The summed E-state index contributed by atoms with van der Waals surface area (Å²) >= 11 is 11.7. The summed E-state index contributed by atoms with van der Waals surface area (Å²) in [5.74, 6) is 0.